The van der Waals surface area contributed by atoms with Gasteiger partial charge in [-0.05, 0) is 58.2 Å². The first kappa shape index (κ1) is 16.1. The van der Waals surface area contributed by atoms with Gasteiger partial charge in [0.05, 0.1) is 15.6 Å². The van der Waals surface area contributed by atoms with E-state index >= 15 is 0 Å². The van der Waals surface area contributed by atoms with Gasteiger partial charge in [-0.25, -0.2) is 8.42 Å². The molecular formula is C14H14BrClN2O2S. The maximum Gasteiger partial charge on any atom is 0.262 e. The Hall–Kier alpha value is -1.24. The number of halogens is 2. The van der Waals surface area contributed by atoms with E-state index < -0.39 is 10.0 Å². The van der Waals surface area contributed by atoms with Crippen LogP contribution in [0.3, 0.4) is 0 Å². The Balaban J connectivity index is 2.42. The van der Waals surface area contributed by atoms with Crippen molar-refractivity contribution in [3.05, 3.63) is 51.5 Å². The molecular weight excluding hydrogens is 376 g/mol. The lowest BCUT2D eigenvalue weighted by molar-refractivity contribution is 0.600. The summed E-state index contributed by atoms with van der Waals surface area (Å²) in [6.45, 7) is 1.89. The predicted octanol–water partition coefficient (Wildman–Crippen LogP) is 4.05. The molecule has 2 rings (SSSR count). The molecule has 112 valence electrons. The molecule has 0 spiro atoms. The van der Waals surface area contributed by atoms with Crippen molar-refractivity contribution in [3.8, 4) is 0 Å². The van der Waals surface area contributed by atoms with Crippen molar-refractivity contribution in [2.75, 3.05) is 10.5 Å². The maximum atomic E-state index is 12.5. The van der Waals surface area contributed by atoms with Gasteiger partial charge in [-0.15, -0.1) is 0 Å². The summed E-state index contributed by atoms with van der Waals surface area (Å²) in [5.74, 6) is 0. The SMILES string of the molecule is CCc1ccc(N)cc1S(=O)(=O)Nc1ccc(Cl)c(Br)c1. The minimum Gasteiger partial charge on any atom is -0.399 e. The van der Waals surface area contributed by atoms with E-state index in [9.17, 15) is 8.42 Å². The number of nitrogens with two attached hydrogens (primary N) is 1. The second-order valence-corrected chi connectivity index (χ2v) is 7.37. The lowest BCUT2D eigenvalue weighted by atomic mass is 10.1. The molecule has 3 N–H and O–H groups in total. The molecule has 0 aliphatic heterocycles. The first-order chi connectivity index (χ1) is 9.83. The van der Waals surface area contributed by atoms with Crippen LogP contribution in [0, 0.1) is 0 Å². The van der Waals surface area contributed by atoms with Crippen molar-refractivity contribution in [2.24, 2.45) is 0 Å². The number of aryl methyl sites for hydroxylation is 1. The number of hydrogen-bond acceptors (Lipinski definition) is 3. The summed E-state index contributed by atoms with van der Waals surface area (Å²) < 4.78 is 28.2. The third-order valence-electron chi connectivity index (χ3n) is 2.93. The molecule has 21 heavy (non-hydrogen) atoms. The van der Waals surface area contributed by atoms with Crippen LogP contribution >= 0.6 is 27.5 Å². The third-order valence-corrected chi connectivity index (χ3v) is 5.61. The zero-order valence-electron chi connectivity index (χ0n) is 11.2. The summed E-state index contributed by atoms with van der Waals surface area (Å²) in [5.41, 5.74) is 7.25. The highest BCUT2D eigenvalue weighted by molar-refractivity contribution is 9.10. The summed E-state index contributed by atoms with van der Waals surface area (Å²) in [7, 11) is -3.70. The molecule has 4 nitrogen and oxygen atoms in total. The second-order valence-electron chi connectivity index (χ2n) is 4.46. The Kier molecular flexibility index (Phi) is 4.81. The Bertz CT molecular complexity index is 779. The van der Waals surface area contributed by atoms with Gasteiger partial charge in [0.2, 0.25) is 0 Å². The minimum atomic E-state index is -3.70. The standard InChI is InChI=1S/C14H14BrClN2O2S/c1-2-9-3-4-10(17)7-14(9)21(19,20)18-11-5-6-13(16)12(15)8-11/h3-8,18H,2,17H2,1H3. The van der Waals surface area contributed by atoms with Crippen molar-refractivity contribution in [2.45, 2.75) is 18.2 Å². The van der Waals surface area contributed by atoms with Gasteiger partial charge in [-0.1, -0.05) is 24.6 Å². The average Bonchev–Trinajstić information content (AvgIpc) is 2.42. The van der Waals surface area contributed by atoms with Gasteiger partial charge in [-0.2, -0.15) is 0 Å². The molecule has 0 heterocycles. The van der Waals surface area contributed by atoms with E-state index in [-0.39, 0.29) is 4.90 Å². The molecule has 0 saturated carbocycles. The number of benzene rings is 2. The van der Waals surface area contributed by atoms with E-state index in [2.05, 4.69) is 20.7 Å². The van der Waals surface area contributed by atoms with Crippen LogP contribution in [0.15, 0.2) is 45.8 Å². The van der Waals surface area contributed by atoms with Crippen molar-refractivity contribution < 1.29 is 8.42 Å². The molecule has 0 aromatic heterocycles. The van der Waals surface area contributed by atoms with Gasteiger partial charge in [-0.3, -0.25) is 4.72 Å². The van der Waals surface area contributed by atoms with Crippen LogP contribution in [0.25, 0.3) is 0 Å². The topological polar surface area (TPSA) is 72.2 Å². The normalized spacial score (nSPS) is 11.4. The molecule has 0 amide bonds. The van der Waals surface area contributed by atoms with Gasteiger partial charge in [0, 0.05) is 10.2 Å². The van der Waals surface area contributed by atoms with E-state index in [0.29, 0.717) is 32.9 Å². The van der Waals surface area contributed by atoms with Crippen LogP contribution in [0.5, 0.6) is 0 Å². The van der Waals surface area contributed by atoms with Crippen LogP contribution in [-0.4, -0.2) is 8.42 Å². The van der Waals surface area contributed by atoms with Crippen LogP contribution in [-0.2, 0) is 16.4 Å². The van der Waals surface area contributed by atoms with Gasteiger partial charge in [0.1, 0.15) is 0 Å². The van der Waals surface area contributed by atoms with E-state index in [4.69, 9.17) is 17.3 Å². The molecule has 0 aliphatic carbocycles. The summed E-state index contributed by atoms with van der Waals surface area (Å²) in [5, 5.41) is 0.510. The predicted molar refractivity (Wildman–Crippen MR) is 90.2 cm³/mol. The quantitative estimate of drug-likeness (QED) is 0.775. The molecule has 0 fully saturated rings. The van der Waals surface area contributed by atoms with Gasteiger partial charge >= 0.3 is 0 Å². The number of rotatable bonds is 4. The number of sulfonamides is 1. The highest BCUT2D eigenvalue weighted by Crippen LogP contribution is 2.28. The van der Waals surface area contributed by atoms with Gasteiger partial charge in [0.25, 0.3) is 10.0 Å². The smallest absolute Gasteiger partial charge is 0.262 e. The summed E-state index contributed by atoms with van der Waals surface area (Å²) in [6, 6.07) is 9.70. The lowest BCUT2D eigenvalue weighted by Gasteiger charge is -2.12. The highest BCUT2D eigenvalue weighted by Gasteiger charge is 2.18. The number of nitrogens with one attached hydrogen (secondary N) is 1. The van der Waals surface area contributed by atoms with Crippen molar-refractivity contribution >= 4 is 48.9 Å². The Labute approximate surface area is 137 Å². The zero-order chi connectivity index (χ0) is 15.6. The van der Waals surface area contributed by atoms with Crippen molar-refractivity contribution in [3.63, 3.8) is 0 Å². The lowest BCUT2D eigenvalue weighted by Crippen LogP contribution is -2.15. The number of anilines is 2. The van der Waals surface area contributed by atoms with Crippen molar-refractivity contribution in [1.82, 2.24) is 0 Å². The summed E-state index contributed by atoms with van der Waals surface area (Å²) in [4.78, 5) is 0.191. The fraction of sp³-hybridized carbons (Fsp3) is 0.143. The molecule has 0 atom stereocenters. The molecule has 0 radical (unpaired) electrons. The minimum absolute atomic E-state index is 0.191. The zero-order valence-corrected chi connectivity index (χ0v) is 14.4. The Morgan fingerprint density at radius 1 is 1.24 bits per heavy atom. The number of hydrogen-bond donors (Lipinski definition) is 2. The van der Waals surface area contributed by atoms with E-state index in [1.165, 1.54) is 6.07 Å². The summed E-state index contributed by atoms with van der Waals surface area (Å²) >= 11 is 9.16. The van der Waals surface area contributed by atoms with Crippen LogP contribution < -0.4 is 10.5 Å². The first-order valence-corrected chi connectivity index (χ1v) is 8.85. The molecule has 7 heteroatoms. The molecule has 2 aromatic carbocycles. The first-order valence-electron chi connectivity index (χ1n) is 6.19. The highest BCUT2D eigenvalue weighted by atomic mass is 79.9. The van der Waals surface area contributed by atoms with E-state index in [0.717, 1.165) is 0 Å². The van der Waals surface area contributed by atoms with Crippen LogP contribution in [0.1, 0.15) is 12.5 Å². The average molecular weight is 390 g/mol. The molecule has 0 unspecified atom stereocenters. The molecule has 0 bridgehead atoms. The van der Waals surface area contributed by atoms with Crippen molar-refractivity contribution in [1.29, 1.82) is 0 Å². The fourth-order valence-electron chi connectivity index (χ4n) is 1.88. The second kappa shape index (κ2) is 6.25. The Morgan fingerprint density at radius 2 is 1.95 bits per heavy atom. The fourth-order valence-corrected chi connectivity index (χ4v) is 3.78. The largest absolute Gasteiger partial charge is 0.399 e. The monoisotopic (exact) mass is 388 g/mol. The number of nitrogen functional groups attached to an aromatic ring is 1. The molecule has 0 saturated heterocycles. The Morgan fingerprint density at radius 3 is 2.57 bits per heavy atom. The maximum absolute atomic E-state index is 12.5. The summed E-state index contributed by atoms with van der Waals surface area (Å²) in [6.07, 6.45) is 0.598. The van der Waals surface area contributed by atoms with Gasteiger partial charge in [0.15, 0.2) is 0 Å². The van der Waals surface area contributed by atoms with Crippen LogP contribution in [0.4, 0.5) is 11.4 Å². The van der Waals surface area contributed by atoms with E-state index in [1.54, 1.807) is 30.3 Å². The van der Waals surface area contributed by atoms with E-state index in [1.807, 2.05) is 6.92 Å². The molecule has 2 aromatic rings. The van der Waals surface area contributed by atoms with Crippen LogP contribution in [0.2, 0.25) is 5.02 Å². The molecule has 0 aliphatic rings. The third kappa shape index (κ3) is 3.70. The van der Waals surface area contributed by atoms with Gasteiger partial charge < -0.3 is 5.73 Å².